The van der Waals surface area contributed by atoms with E-state index < -0.39 is 0 Å². The molecule has 0 aliphatic heterocycles. The minimum atomic E-state index is -0.311. The van der Waals surface area contributed by atoms with Crippen molar-refractivity contribution in [1.82, 2.24) is 0 Å². The van der Waals surface area contributed by atoms with E-state index in [1.165, 1.54) is 23.8 Å². The maximum absolute atomic E-state index is 12.4. The Hall–Kier alpha value is -2.86. The lowest BCUT2D eigenvalue weighted by Gasteiger charge is -2.03. The predicted molar refractivity (Wildman–Crippen MR) is 86.5 cm³/mol. The minimum Gasteiger partial charge on any atom is -0.508 e. The molecule has 0 radical (unpaired) electrons. The van der Waals surface area contributed by atoms with Crippen LogP contribution in [0.2, 0.25) is 0 Å². The van der Waals surface area contributed by atoms with Crippen molar-refractivity contribution in [2.24, 2.45) is 0 Å². The van der Waals surface area contributed by atoms with Crippen molar-refractivity contribution in [2.75, 3.05) is 0 Å². The Morgan fingerprint density at radius 1 is 1.23 bits per heavy atom. The number of carbonyl (C=O) groups excluding carboxylic acids is 1. The highest BCUT2D eigenvalue weighted by Crippen LogP contribution is 2.17. The summed E-state index contributed by atoms with van der Waals surface area (Å²) in [4.78, 5) is 12.4. The van der Waals surface area contributed by atoms with Gasteiger partial charge in [-0.3, -0.25) is 4.79 Å². The lowest BCUT2D eigenvalue weighted by molar-refractivity contribution is 0.104. The van der Waals surface area contributed by atoms with Crippen LogP contribution in [-0.4, -0.2) is 10.9 Å². The number of rotatable bonds is 5. The van der Waals surface area contributed by atoms with Gasteiger partial charge in [-0.2, -0.15) is 5.26 Å². The molecule has 0 unspecified atom stereocenters. The molecular formula is C19H17NO2. The highest BCUT2D eigenvalue weighted by atomic mass is 16.3. The van der Waals surface area contributed by atoms with Gasteiger partial charge in [0.2, 0.25) is 5.78 Å². The van der Waals surface area contributed by atoms with Crippen molar-refractivity contribution < 1.29 is 9.90 Å². The van der Waals surface area contributed by atoms with Crippen LogP contribution in [0, 0.1) is 11.3 Å². The van der Waals surface area contributed by atoms with Crippen molar-refractivity contribution in [3.05, 3.63) is 70.8 Å². The summed E-state index contributed by atoms with van der Waals surface area (Å²) in [5.74, 6) is -0.212. The van der Waals surface area contributed by atoms with Crippen molar-refractivity contribution in [1.29, 1.82) is 5.26 Å². The van der Waals surface area contributed by atoms with Crippen LogP contribution >= 0.6 is 0 Å². The SMILES string of the molecule is CCCc1ccc(C(=O)/C(C#N)=C/c2cccc(O)c2)cc1. The van der Waals surface area contributed by atoms with Gasteiger partial charge >= 0.3 is 0 Å². The van der Waals surface area contributed by atoms with Crippen LogP contribution < -0.4 is 0 Å². The molecule has 22 heavy (non-hydrogen) atoms. The number of carbonyl (C=O) groups is 1. The molecule has 3 heteroatoms. The van der Waals surface area contributed by atoms with E-state index in [1.807, 2.05) is 18.2 Å². The monoisotopic (exact) mass is 291 g/mol. The summed E-state index contributed by atoms with van der Waals surface area (Å²) in [6.45, 7) is 2.10. The standard InChI is InChI=1S/C19H17NO2/c1-2-4-14-7-9-16(10-8-14)19(22)17(13-20)11-15-5-3-6-18(21)12-15/h3,5-12,21H,2,4H2,1H3/b17-11+. The Bertz CT molecular complexity index is 737. The topological polar surface area (TPSA) is 61.1 Å². The molecule has 2 aromatic rings. The molecule has 3 nitrogen and oxygen atoms in total. The number of allylic oxidation sites excluding steroid dienone is 1. The zero-order valence-electron chi connectivity index (χ0n) is 12.4. The molecule has 110 valence electrons. The number of benzene rings is 2. The van der Waals surface area contributed by atoms with E-state index in [0.29, 0.717) is 11.1 Å². The molecular weight excluding hydrogens is 274 g/mol. The molecule has 2 rings (SSSR count). The Balaban J connectivity index is 2.27. The average Bonchev–Trinajstić information content (AvgIpc) is 2.53. The fraction of sp³-hybridized carbons (Fsp3) is 0.158. The van der Waals surface area contributed by atoms with E-state index in [2.05, 4.69) is 6.92 Å². The summed E-state index contributed by atoms with van der Waals surface area (Å²) in [6, 6.07) is 15.7. The normalized spacial score (nSPS) is 11.0. The zero-order valence-corrected chi connectivity index (χ0v) is 12.4. The molecule has 1 N–H and O–H groups in total. The molecule has 0 aliphatic rings. The third kappa shape index (κ3) is 3.83. The van der Waals surface area contributed by atoms with Crippen LogP contribution in [0.1, 0.15) is 34.8 Å². The van der Waals surface area contributed by atoms with Crippen LogP contribution in [0.15, 0.2) is 54.1 Å². The second-order valence-electron chi connectivity index (χ2n) is 5.04. The second-order valence-corrected chi connectivity index (χ2v) is 5.04. The largest absolute Gasteiger partial charge is 0.508 e. The molecule has 0 amide bonds. The number of nitriles is 1. The molecule has 0 heterocycles. The average molecular weight is 291 g/mol. The molecule has 2 aromatic carbocycles. The van der Waals surface area contributed by atoms with Gasteiger partial charge in [-0.15, -0.1) is 0 Å². The van der Waals surface area contributed by atoms with Crippen molar-refractivity contribution >= 4 is 11.9 Å². The van der Waals surface area contributed by atoms with Crippen molar-refractivity contribution in [3.8, 4) is 11.8 Å². The molecule has 0 atom stereocenters. The number of aryl methyl sites for hydroxylation is 1. The highest BCUT2D eigenvalue weighted by molar-refractivity contribution is 6.14. The van der Waals surface area contributed by atoms with Crippen molar-refractivity contribution in [2.45, 2.75) is 19.8 Å². The van der Waals surface area contributed by atoms with E-state index >= 15 is 0 Å². The maximum Gasteiger partial charge on any atom is 0.203 e. The van der Waals surface area contributed by atoms with Crippen LogP contribution in [-0.2, 0) is 6.42 Å². The molecule has 0 aliphatic carbocycles. The summed E-state index contributed by atoms with van der Waals surface area (Å²) in [5.41, 5.74) is 2.34. The lowest BCUT2D eigenvalue weighted by atomic mass is 10.00. The van der Waals surface area contributed by atoms with Crippen molar-refractivity contribution in [3.63, 3.8) is 0 Å². The Labute approximate surface area is 130 Å². The van der Waals surface area contributed by atoms with Gasteiger partial charge in [0.1, 0.15) is 17.4 Å². The van der Waals surface area contributed by atoms with Crippen LogP contribution in [0.3, 0.4) is 0 Å². The Morgan fingerprint density at radius 3 is 2.55 bits per heavy atom. The van der Waals surface area contributed by atoms with Gasteiger partial charge in [-0.1, -0.05) is 49.7 Å². The predicted octanol–water partition coefficient (Wildman–Crippen LogP) is 4.13. The molecule has 0 bridgehead atoms. The van der Waals surface area contributed by atoms with Gasteiger partial charge in [0, 0.05) is 5.56 Å². The molecule has 0 spiro atoms. The van der Waals surface area contributed by atoms with Gasteiger partial charge in [0.25, 0.3) is 0 Å². The summed E-state index contributed by atoms with van der Waals surface area (Å²) in [7, 11) is 0. The fourth-order valence-corrected chi connectivity index (χ4v) is 2.20. The zero-order chi connectivity index (χ0) is 15.9. The first-order valence-corrected chi connectivity index (χ1v) is 7.18. The molecule has 0 fully saturated rings. The van der Waals surface area contributed by atoms with E-state index in [1.54, 1.807) is 24.3 Å². The Kier molecular flexibility index (Phi) is 5.11. The van der Waals surface area contributed by atoms with E-state index in [9.17, 15) is 15.2 Å². The first-order valence-electron chi connectivity index (χ1n) is 7.18. The number of nitrogens with zero attached hydrogens (tertiary/aromatic N) is 1. The summed E-state index contributed by atoms with van der Waals surface area (Å²) < 4.78 is 0. The molecule has 0 saturated heterocycles. The number of aromatic hydroxyl groups is 1. The van der Waals surface area contributed by atoms with Gasteiger partial charge in [-0.05, 0) is 35.8 Å². The minimum absolute atomic E-state index is 0.0499. The van der Waals surface area contributed by atoms with E-state index in [0.717, 1.165) is 12.8 Å². The number of hydrogen-bond donors (Lipinski definition) is 1. The van der Waals surface area contributed by atoms with Crippen LogP contribution in [0.5, 0.6) is 5.75 Å². The smallest absolute Gasteiger partial charge is 0.203 e. The summed E-state index contributed by atoms with van der Waals surface area (Å²) in [6.07, 6.45) is 3.51. The second kappa shape index (κ2) is 7.24. The molecule has 0 saturated carbocycles. The lowest BCUT2D eigenvalue weighted by Crippen LogP contribution is -2.02. The summed E-state index contributed by atoms with van der Waals surface area (Å²) in [5, 5.41) is 18.7. The Morgan fingerprint density at radius 2 is 1.95 bits per heavy atom. The first kappa shape index (κ1) is 15.5. The third-order valence-electron chi connectivity index (χ3n) is 3.30. The molecule has 0 aromatic heterocycles. The number of phenolic OH excluding ortho intramolecular Hbond substituents is 1. The summed E-state index contributed by atoms with van der Waals surface area (Å²) >= 11 is 0. The highest BCUT2D eigenvalue weighted by Gasteiger charge is 2.12. The van der Waals surface area contributed by atoms with Gasteiger partial charge in [0.15, 0.2) is 0 Å². The maximum atomic E-state index is 12.4. The van der Waals surface area contributed by atoms with Crippen LogP contribution in [0.25, 0.3) is 6.08 Å². The fourth-order valence-electron chi connectivity index (χ4n) is 2.20. The van der Waals surface area contributed by atoms with Gasteiger partial charge in [0.05, 0.1) is 0 Å². The third-order valence-corrected chi connectivity index (χ3v) is 3.30. The number of phenols is 1. The van der Waals surface area contributed by atoms with E-state index in [4.69, 9.17) is 0 Å². The first-order chi connectivity index (χ1) is 10.6. The number of ketones is 1. The van der Waals surface area contributed by atoms with Gasteiger partial charge in [-0.25, -0.2) is 0 Å². The van der Waals surface area contributed by atoms with E-state index in [-0.39, 0.29) is 17.1 Å². The van der Waals surface area contributed by atoms with Gasteiger partial charge < -0.3 is 5.11 Å². The number of hydrogen-bond acceptors (Lipinski definition) is 3. The number of Topliss-reactive ketones (excluding diaryl/α,β-unsaturated/α-hetero) is 1. The van der Waals surface area contributed by atoms with Crippen LogP contribution in [0.4, 0.5) is 0 Å². The quantitative estimate of drug-likeness (QED) is 0.512.